The number of hydrogen-bond acceptors (Lipinski definition) is 5. The third-order valence-corrected chi connectivity index (χ3v) is 2.82. The van der Waals surface area contributed by atoms with Crippen LogP contribution in [-0.2, 0) is 4.74 Å². The number of carbonyl (C=O) groups is 1. The zero-order valence-corrected chi connectivity index (χ0v) is 11.8. The second-order valence-electron chi connectivity index (χ2n) is 4.89. The molecule has 6 heteroatoms. The van der Waals surface area contributed by atoms with Crippen molar-refractivity contribution in [3.8, 4) is 0 Å². The van der Waals surface area contributed by atoms with E-state index in [1.165, 1.54) is 22.6 Å². The molecule has 0 saturated carbocycles. The molecule has 0 atom stereocenters. The van der Waals surface area contributed by atoms with E-state index < -0.39 is 11.7 Å². The lowest BCUT2D eigenvalue weighted by atomic mass is 10.2. The fourth-order valence-corrected chi connectivity index (χ4v) is 2.08. The number of aromatic nitrogens is 2. The van der Waals surface area contributed by atoms with Gasteiger partial charge in [0.1, 0.15) is 11.9 Å². The van der Waals surface area contributed by atoms with Gasteiger partial charge < -0.3 is 4.74 Å². The summed E-state index contributed by atoms with van der Waals surface area (Å²) in [5, 5.41) is 3.77. The second kappa shape index (κ2) is 5.36. The summed E-state index contributed by atoms with van der Waals surface area (Å²) in [5.74, 6) is 0. The Morgan fingerprint density at radius 3 is 2.47 bits per heavy atom. The second-order valence-corrected chi connectivity index (χ2v) is 5.67. The molecule has 100 valence electrons. The lowest BCUT2D eigenvalue weighted by Crippen LogP contribution is -2.33. The molecule has 0 spiro atoms. The van der Waals surface area contributed by atoms with Crippen LogP contribution in [-0.4, -0.2) is 21.7 Å². The smallest absolute Gasteiger partial charge is 0.419 e. The number of ether oxygens (including phenoxy) is 1. The van der Waals surface area contributed by atoms with Gasteiger partial charge in [-0.3, -0.25) is 0 Å². The summed E-state index contributed by atoms with van der Waals surface area (Å²) < 4.78 is 5.41. The zero-order valence-electron chi connectivity index (χ0n) is 11.0. The minimum atomic E-state index is -0.555. The highest BCUT2D eigenvalue weighted by molar-refractivity contribution is 7.08. The standard InChI is InChI=1S/C13H15N3O2S/c1-13(2,3)18-12(17)16(10-4-5-19-8-10)11-6-14-9-15-7-11/h4-9H,1-3H3. The van der Waals surface area contributed by atoms with Crippen LogP contribution in [0, 0.1) is 0 Å². The molecule has 0 radical (unpaired) electrons. The predicted molar refractivity (Wildman–Crippen MR) is 74.7 cm³/mol. The molecule has 0 aliphatic rings. The van der Waals surface area contributed by atoms with Crippen molar-refractivity contribution < 1.29 is 9.53 Å². The third-order valence-electron chi connectivity index (χ3n) is 2.15. The molecule has 0 saturated heterocycles. The predicted octanol–water partition coefficient (Wildman–Crippen LogP) is 3.61. The third kappa shape index (κ3) is 3.51. The average Bonchev–Trinajstić information content (AvgIpc) is 2.82. The molecule has 0 aromatic carbocycles. The SMILES string of the molecule is CC(C)(C)OC(=O)N(c1cncnc1)c1ccsc1. The Labute approximate surface area is 115 Å². The molecule has 0 bridgehead atoms. The van der Waals surface area contributed by atoms with E-state index in [1.807, 2.05) is 37.6 Å². The van der Waals surface area contributed by atoms with Crippen LogP contribution in [0.2, 0.25) is 0 Å². The topological polar surface area (TPSA) is 55.3 Å². The summed E-state index contributed by atoms with van der Waals surface area (Å²) in [6.07, 6.45) is 4.13. The fourth-order valence-electron chi connectivity index (χ4n) is 1.46. The maximum absolute atomic E-state index is 12.3. The van der Waals surface area contributed by atoms with E-state index in [2.05, 4.69) is 9.97 Å². The van der Waals surface area contributed by atoms with Crippen LogP contribution in [0.1, 0.15) is 20.8 Å². The van der Waals surface area contributed by atoms with Crippen LogP contribution >= 0.6 is 11.3 Å². The van der Waals surface area contributed by atoms with Crippen molar-refractivity contribution in [1.29, 1.82) is 0 Å². The van der Waals surface area contributed by atoms with Gasteiger partial charge in [-0.1, -0.05) is 0 Å². The van der Waals surface area contributed by atoms with Gasteiger partial charge in [0.15, 0.2) is 0 Å². The van der Waals surface area contributed by atoms with Crippen molar-refractivity contribution in [3.05, 3.63) is 35.5 Å². The van der Waals surface area contributed by atoms with Crippen LogP contribution in [0.3, 0.4) is 0 Å². The van der Waals surface area contributed by atoms with E-state index in [9.17, 15) is 4.79 Å². The molecule has 2 heterocycles. The van der Waals surface area contributed by atoms with Gasteiger partial charge in [0.05, 0.1) is 23.8 Å². The van der Waals surface area contributed by atoms with Gasteiger partial charge in [-0.2, -0.15) is 11.3 Å². The van der Waals surface area contributed by atoms with Crippen molar-refractivity contribution in [2.24, 2.45) is 0 Å². The van der Waals surface area contributed by atoms with Crippen molar-refractivity contribution >= 4 is 28.8 Å². The maximum Gasteiger partial charge on any atom is 0.419 e. The van der Waals surface area contributed by atoms with Gasteiger partial charge in [0.25, 0.3) is 0 Å². The Kier molecular flexibility index (Phi) is 3.80. The first-order chi connectivity index (χ1) is 8.97. The summed E-state index contributed by atoms with van der Waals surface area (Å²) in [5.41, 5.74) is 0.769. The number of rotatable bonds is 2. The van der Waals surface area contributed by atoms with Crippen molar-refractivity contribution in [2.45, 2.75) is 26.4 Å². The van der Waals surface area contributed by atoms with Gasteiger partial charge in [0.2, 0.25) is 0 Å². The van der Waals surface area contributed by atoms with Gasteiger partial charge in [0, 0.05) is 5.38 Å². The Balaban J connectivity index is 2.34. The minimum Gasteiger partial charge on any atom is -0.443 e. The number of hydrogen-bond donors (Lipinski definition) is 0. The Morgan fingerprint density at radius 1 is 1.26 bits per heavy atom. The first-order valence-electron chi connectivity index (χ1n) is 5.78. The zero-order chi connectivity index (χ0) is 13.9. The van der Waals surface area contributed by atoms with E-state index >= 15 is 0 Å². The molecule has 0 unspecified atom stereocenters. The fraction of sp³-hybridized carbons (Fsp3) is 0.308. The largest absolute Gasteiger partial charge is 0.443 e. The summed E-state index contributed by atoms with van der Waals surface area (Å²) in [4.78, 5) is 21.6. The summed E-state index contributed by atoms with van der Waals surface area (Å²) >= 11 is 1.51. The molecule has 0 aliphatic carbocycles. The van der Waals surface area contributed by atoms with E-state index in [0.717, 1.165) is 5.69 Å². The van der Waals surface area contributed by atoms with E-state index in [-0.39, 0.29) is 0 Å². The molecule has 2 aromatic rings. The molecule has 2 rings (SSSR count). The minimum absolute atomic E-state index is 0.444. The molecule has 0 fully saturated rings. The molecule has 1 amide bonds. The lowest BCUT2D eigenvalue weighted by molar-refractivity contribution is 0.0599. The van der Waals surface area contributed by atoms with E-state index in [0.29, 0.717) is 5.69 Å². The quantitative estimate of drug-likeness (QED) is 0.841. The van der Waals surface area contributed by atoms with Crippen LogP contribution < -0.4 is 4.90 Å². The summed E-state index contributed by atoms with van der Waals surface area (Å²) in [7, 11) is 0. The molecular weight excluding hydrogens is 262 g/mol. The van der Waals surface area contributed by atoms with Gasteiger partial charge in [-0.15, -0.1) is 0 Å². The summed E-state index contributed by atoms with van der Waals surface area (Å²) in [6.45, 7) is 5.49. The lowest BCUT2D eigenvalue weighted by Gasteiger charge is -2.26. The number of thiophene rings is 1. The van der Waals surface area contributed by atoms with Gasteiger partial charge >= 0.3 is 6.09 Å². The number of amides is 1. The molecule has 0 aliphatic heterocycles. The average molecular weight is 277 g/mol. The van der Waals surface area contributed by atoms with Crippen molar-refractivity contribution in [3.63, 3.8) is 0 Å². The summed E-state index contributed by atoms with van der Waals surface area (Å²) in [6, 6.07) is 1.85. The van der Waals surface area contributed by atoms with Gasteiger partial charge in [-0.05, 0) is 32.2 Å². The molecule has 0 N–H and O–H groups in total. The number of nitrogens with zero attached hydrogens (tertiary/aromatic N) is 3. The highest BCUT2D eigenvalue weighted by Gasteiger charge is 2.25. The molecule has 5 nitrogen and oxygen atoms in total. The van der Waals surface area contributed by atoms with Crippen LogP contribution in [0.15, 0.2) is 35.5 Å². The van der Waals surface area contributed by atoms with Crippen LogP contribution in [0.4, 0.5) is 16.2 Å². The normalized spacial score (nSPS) is 11.1. The maximum atomic E-state index is 12.3. The van der Waals surface area contributed by atoms with E-state index in [4.69, 9.17) is 4.74 Å². The highest BCUT2D eigenvalue weighted by Crippen LogP contribution is 2.28. The van der Waals surface area contributed by atoms with E-state index in [1.54, 1.807) is 12.4 Å². The first-order valence-corrected chi connectivity index (χ1v) is 6.72. The monoisotopic (exact) mass is 277 g/mol. The molecular formula is C13H15N3O2S. The number of carbonyl (C=O) groups excluding carboxylic acids is 1. The Bertz CT molecular complexity index is 535. The Morgan fingerprint density at radius 2 is 1.95 bits per heavy atom. The molecule has 2 aromatic heterocycles. The number of anilines is 2. The van der Waals surface area contributed by atoms with Crippen molar-refractivity contribution in [1.82, 2.24) is 9.97 Å². The Hall–Kier alpha value is -1.95. The first kappa shape index (κ1) is 13.5. The van der Waals surface area contributed by atoms with Gasteiger partial charge in [-0.25, -0.2) is 19.7 Å². The van der Waals surface area contributed by atoms with Crippen LogP contribution in [0.25, 0.3) is 0 Å². The van der Waals surface area contributed by atoms with Crippen LogP contribution in [0.5, 0.6) is 0 Å². The highest BCUT2D eigenvalue weighted by atomic mass is 32.1. The molecule has 19 heavy (non-hydrogen) atoms. The van der Waals surface area contributed by atoms with Crippen molar-refractivity contribution in [2.75, 3.05) is 4.90 Å².